The van der Waals surface area contributed by atoms with E-state index in [-0.39, 0.29) is 11.4 Å². The molecule has 26 heavy (non-hydrogen) atoms. The Bertz CT molecular complexity index is 916. The van der Waals surface area contributed by atoms with Crippen LogP contribution >= 0.6 is 0 Å². The number of hydrogen-bond donors (Lipinski definition) is 1. The molecule has 0 aliphatic carbocycles. The Morgan fingerprint density at radius 2 is 1.85 bits per heavy atom. The maximum atomic E-state index is 11.8. The van der Waals surface area contributed by atoms with Crippen LogP contribution in [-0.4, -0.2) is 17.1 Å². The SMILES string of the molecule is O=C(Oc1ccc(/C=N\Nc2ccc([N+](=O)[O-])cc2)cc1)c1ccco1. The van der Waals surface area contributed by atoms with Crippen molar-refractivity contribution in [1.29, 1.82) is 0 Å². The summed E-state index contributed by atoms with van der Waals surface area (Å²) in [5.74, 6) is -0.0638. The van der Waals surface area contributed by atoms with Crippen LogP contribution in [0.25, 0.3) is 0 Å². The highest BCUT2D eigenvalue weighted by Gasteiger charge is 2.10. The fraction of sp³-hybridized carbons (Fsp3) is 0. The largest absolute Gasteiger partial charge is 0.457 e. The van der Waals surface area contributed by atoms with Crippen LogP contribution in [0.15, 0.2) is 76.4 Å². The monoisotopic (exact) mass is 351 g/mol. The van der Waals surface area contributed by atoms with E-state index in [1.54, 1.807) is 48.7 Å². The van der Waals surface area contributed by atoms with Gasteiger partial charge in [0.15, 0.2) is 0 Å². The number of hydrogen-bond acceptors (Lipinski definition) is 7. The van der Waals surface area contributed by atoms with Gasteiger partial charge >= 0.3 is 5.97 Å². The van der Waals surface area contributed by atoms with Gasteiger partial charge in [0.25, 0.3) is 5.69 Å². The van der Waals surface area contributed by atoms with Crippen LogP contribution < -0.4 is 10.2 Å². The van der Waals surface area contributed by atoms with Crippen molar-refractivity contribution in [3.05, 3.63) is 88.4 Å². The molecule has 3 rings (SSSR count). The highest BCUT2D eigenvalue weighted by atomic mass is 16.6. The van der Waals surface area contributed by atoms with Crippen molar-refractivity contribution < 1.29 is 18.9 Å². The first-order valence-electron chi connectivity index (χ1n) is 7.51. The van der Waals surface area contributed by atoms with E-state index in [1.165, 1.54) is 24.5 Å². The topological polar surface area (TPSA) is 107 Å². The van der Waals surface area contributed by atoms with Gasteiger partial charge in [0.1, 0.15) is 5.75 Å². The predicted molar refractivity (Wildman–Crippen MR) is 94.4 cm³/mol. The molecule has 1 aromatic heterocycles. The Morgan fingerprint density at radius 3 is 2.46 bits per heavy atom. The molecule has 0 aliphatic heterocycles. The van der Waals surface area contributed by atoms with E-state index >= 15 is 0 Å². The molecule has 0 spiro atoms. The van der Waals surface area contributed by atoms with Crippen molar-refractivity contribution in [2.75, 3.05) is 5.43 Å². The molecular weight excluding hydrogens is 338 g/mol. The van der Waals surface area contributed by atoms with Gasteiger partial charge in [-0.1, -0.05) is 0 Å². The van der Waals surface area contributed by atoms with E-state index in [9.17, 15) is 14.9 Å². The number of furan rings is 1. The summed E-state index contributed by atoms with van der Waals surface area (Å²) in [4.78, 5) is 21.9. The molecule has 0 saturated carbocycles. The Labute approximate surface area is 147 Å². The van der Waals surface area contributed by atoms with Crippen LogP contribution in [0.3, 0.4) is 0 Å². The first-order valence-corrected chi connectivity index (χ1v) is 7.51. The van der Waals surface area contributed by atoms with Crippen LogP contribution in [0, 0.1) is 10.1 Å². The smallest absolute Gasteiger partial charge is 0.379 e. The molecule has 8 heteroatoms. The second-order valence-electron chi connectivity index (χ2n) is 5.11. The summed E-state index contributed by atoms with van der Waals surface area (Å²) in [5, 5.41) is 14.6. The van der Waals surface area contributed by atoms with Gasteiger partial charge in [-0.2, -0.15) is 5.10 Å². The summed E-state index contributed by atoms with van der Waals surface area (Å²) >= 11 is 0. The minimum atomic E-state index is -0.573. The van der Waals surface area contributed by atoms with Gasteiger partial charge in [-0.3, -0.25) is 15.5 Å². The zero-order chi connectivity index (χ0) is 18.4. The number of anilines is 1. The molecule has 3 aromatic rings. The van der Waals surface area contributed by atoms with Gasteiger partial charge in [0.2, 0.25) is 5.76 Å². The molecule has 1 N–H and O–H groups in total. The molecular formula is C18H13N3O5. The van der Waals surface area contributed by atoms with Crippen LogP contribution in [-0.2, 0) is 0 Å². The number of carbonyl (C=O) groups is 1. The number of carbonyl (C=O) groups excluding carboxylic acids is 1. The molecule has 0 atom stereocenters. The quantitative estimate of drug-likeness (QED) is 0.238. The molecule has 0 saturated heterocycles. The Kier molecular flexibility index (Phi) is 5.04. The summed E-state index contributed by atoms with van der Waals surface area (Å²) in [5.41, 5.74) is 4.18. The fourth-order valence-corrected chi connectivity index (χ4v) is 2.01. The highest BCUT2D eigenvalue weighted by Crippen LogP contribution is 2.16. The standard InChI is InChI=1S/C18H13N3O5/c22-18(17-2-1-11-25-17)26-16-9-3-13(4-10-16)12-19-20-14-5-7-15(8-6-14)21(23)24/h1-12,20H/b19-12-. The van der Waals surface area contributed by atoms with Gasteiger partial charge in [0.05, 0.1) is 23.1 Å². The molecule has 0 amide bonds. The van der Waals surface area contributed by atoms with E-state index in [1.807, 2.05) is 0 Å². The number of esters is 1. The van der Waals surface area contributed by atoms with Gasteiger partial charge in [0, 0.05) is 12.1 Å². The number of nitro groups is 1. The summed E-state index contributed by atoms with van der Waals surface area (Å²) in [6.07, 6.45) is 2.97. The Morgan fingerprint density at radius 1 is 1.12 bits per heavy atom. The number of non-ortho nitro benzene ring substituents is 1. The zero-order valence-corrected chi connectivity index (χ0v) is 13.4. The van der Waals surface area contributed by atoms with Crippen LogP contribution in [0.1, 0.15) is 16.1 Å². The van der Waals surface area contributed by atoms with Crippen molar-refractivity contribution in [2.24, 2.45) is 5.10 Å². The second-order valence-corrected chi connectivity index (χ2v) is 5.11. The second kappa shape index (κ2) is 7.75. The lowest BCUT2D eigenvalue weighted by atomic mass is 10.2. The summed E-state index contributed by atoms with van der Waals surface area (Å²) < 4.78 is 10.1. The van der Waals surface area contributed by atoms with Crippen molar-refractivity contribution >= 4 is 23.6 Å². The molecule has 1 heterocycles. The summed E-state index contributed by atoms with van der Waals surface area (Å²) in [7, 11) is 0. The first-order chi connectivity index (χ1) is 12.6. The van der Waals surface area contributed by atoms with Crippen molar-refractivity contribution in [3.8, 4) is 5.75 Å². The fourth-order valence-electron chi connectivity index (χ4n) is 2.01. The lowest BCUT2D eigenvalue weighted by molar-refractivity contribution is -0.384. The number of ether oxygens (including phenoxy) is 1. The van der Waals surface area contributed by atoms with E-state index in [0.29, 0.717) is 11.4 Å². The molecule has 0 aliphatic rings. The number of nitrogens with one attached hydrogen (secondary N) is 1. The average molecular weight is 351 g/mol. The maximum absolute atomic E-state index is 11.8. The van der Waals surface area contributed by atoms with Gasteiger partial charge in [-0.25, -0.2) is 4.79 Å². The number of nitrogens with zero attached hydrogens (tertiary/aromatic N) is 2. The van der Waals surface area contributed by atoms with Gasteiger partial charge < -0.3 is 9.15 Å². The highest BCUT2D eigenvalue weighted by molar-refractivity contribution is 5.88. The van der Waals surface area contributed by atoms with Crippen molar-refractivity contribution in [3.63, 3.8) is 0 Å². The van der Waals surface area contributed by atoms with E-state index in [2.05, 4.69) is 10.5 Å². The molecule has 0 unspecified atom stereocenters. The third kappa shape index (κ3) is 4.32. The molecule has 130 valence electrons. The predicted octanol–water partition coefficient (Wildman–Crippen LogP) is 3.85. The third-order valence-corrected chi connectivity index (χ3v) is 3.30. The Balaban J connectivity index is 1.56. The van der Waals surface area contributed by atoms with Gasteiger partial charge in [-0.15, -0.1) is 0 Å². The molecule has 0 radical (unpaired) electrons. The minimum absolute atomic E-state index is 0.0132. The maximum Gasteiger partial charge on any atom is 0.379 e. The van der Waals surface area contributed by atoms with Crippen LogP contribution in [0.2, 0.25) is 0 Å². The third-order valence-electron chi connectivity index (χ3n) is 3.30. The van der Waals surface area contributed by atoms with Crippen molar-refractivity contribution in [1.82, 2.24) is 0 Å². The van der Waals surface area contributed by atoms with E-state index in [0.717, 1.165) is 5.56 Å². The molecule has 2 aromatic carbocycles. The van der Waals surface area contributed by atoms with Crippen LogP contribution in [0.5, 0.6) is 5.75 Å². The number of benzene rings is 2. The number of nitro benzene ring substituents is 1. The first kappa shape index (κ1) is 16.9. The minimum Gasteiger partial charge on any atom is -0.457 e. The van der Waals surface area contributed by atoms with E-state index < -0.39 is 10.9 Å². The number of rotatable bonds is 6. The average Bonchev–Trinajstić information content (AvgIpc) is 3.18. The Hall–Kier alpha value is -3.94. The van der Waals surface area contributed by atoms with Crippen molar-refractivity contribution in [2.45, 2.75) is 0 Å². The van der Waals surface area contributed by atoms with Gasteiger partial charge in [-0.05, 0) is 54.1 Å². The lowest BCUT2D eigenvalue weighted by Crippen LogP contribution is -2.07. The van der Waals surface area contributed by atoms with E-state index in [4.69, 9.17) is 9.15 Å². The van der Waals surface area contributed by atoms with Crippen LogP contribution in [0.4, 0.5) is 11.4 Å². The summed E-state index contributed by atoms with van der Waals surface area (Å²) in [6, 6.07) is 15.8. The normalized spacial score (nSPS) is 10.6. The number of hydrazone groups is 1. The lowest BCUT2D eigenvalue weighted by Gasteiger charge is -2.02. The molecule has 0 fully saturated rings. The summed E-state index contributed by atoms with van der Waals surface area (Å²) in [6.45, 7) is 0. The molecule has 8 nitrogen and oxygen atoms in total. The zero-order valence-electron chi connectivity index (χ0n) is 13.4. The molecule has 0 bridgehead atoms.